The van der Waals surface area contributed by atoms with Gasteiger partial charge in [0.25, 0.3) is 11.5 Å². The number of benzene rings is 2. The van der Waals surface area contributed by atoms with Gasteiger partial charge < -0.3 is 25.1 Å². The van der Waals surface area contributed by atoms with Crippen molar-refractivity contribution in [3.8, 4) is 16.9 Å². The van der Waals surface area contributed by atoms with Crippen molar-refractivity contribution in [2.45, 2.75) is 19.5 Å². The van der Waals surface area contributed by atoms with Crippen LogP contribution >= 0.6 is 0 Å². The standard InChI is InChI=1S/C26H25F4N3O5/c1-3-38-22-13-23(34)32-14-20(22)15-4-5-16(21(27)10-15)11-24(35)33-19-9-17(25(36)31-6-7-37-2)8-18(12-19)26(28,29)30/h4-5,8-10,12-14H,3,6-7,11H2,1-2H3,(H,31,36)(H,32,34)(H,33,35). The highest BCUT2D eigenvalue weighted by molar-refractivity contribution is 5.98. The fourth-order valence-corrected chi connectivity index (χ4v) is 3.55. The van der Waals surface area contributed by atoms with Crippen LogP contribution < -0.4 is 20.9 Å². The van der Waals surface area contributed by atoms with Crippen molar-refractivity contribution in [2.24, 2.45) is 0 Å². The van der Waals surface area contributed by atoms with Crippen LogP contribution in [0, 0.1) is 5.82 Å². The minimum Gasteiger partial charge on any atom is -0.493 e. The van der Waals surface area contributed by atoms with Crippen LogP contribution in [0.15, 0.2) is 53.5 Å². The topological polar surface area (TPSA) is 110 Å². The maximum absolute atomic E-state index is 14.9. The molecule has 38 heavy (non-hydrogen) atoms. The van der Waals surface area contributed by atoms with Crippen LogP contribution in [0.4, 0.5) is 23.2 Å². The van der Waals surface area contributed by atoms with Gasteiger partial charge in [0.2, 0.25) is 5.91 Å². The molecule has 2 aromatic carbocycles. The van der Waals surface area contributed by atoms with Gasteiger partial charge in [0.1, 0.15) is 11.6 Å². The third kappa shape index (κ3) is 7.42. The second kappa shape index (κ2) is 12.4. The lowest BCUT2D eigenvalue weighted by atomic mass is 10.0. The molecule has 0 bridgehead atoms. The van der Waals surface area contributed by atoms with Crippen molar-refractivity contribution in [3.63, 3.8) is 0 Å². The third-order valence-electron chi connectivity index (χ3n) is 5.30. The first-order valence-corrected chi connectivity index (χ1v) is 11.5. The molecule has 1 aromatic heterocycles. The molecule has 2 amide bonds. The number of H-pyrrole nitrogens is 1. The minimum absolute atomic E-state index is 0.0156. The lowest BCUT2D eigenvalue weighted by Crippen LogP contribution is -2.27. The number of nitrogens with one attached hydrogen (secondary N) is 3. The molecule has 202 valence electrons. The Morgan fingerprint density at radius 2 is 1.84 bits per heavy atom. The van der Waals surface area contributed by atoms with E-state index >= 15 is 0 Å². The van der Waals surface area contributed by atoms with E-state index in [0.29, 0.717) is 23.3 Å². The van der Waals surface area contributed by atoms with Crippen LogP contribution in [0.25, 0.3) is 11.1 Å². The monoisotopic (exact) mass is 535 g/mol. The highest BCUT2D eigenvalue weighted by Crippen LogP contribution is 2.32. The van der Waals surface area contributed by atoms with Gasteiger partial charge in [-0.05, 0) is 42.3 Å². The molecule has 8 nitrogen and oxygen atoms in total. The van der Waals surface area contributed by atoms with Crippen molar-refractivity contribution in [1.82, 2.24) is 10.3 Å². The van der Waals surface area contributed by atoms with E-state index in [1.165, 1.54) is 31.5 Å². The van der Waals surface area contributed by atoms with E-state index in [1.807, 2.05) is 0 Å². The average molecular weight is 535 g/mol. The first-order valence-electron chi connectivity index (χ1n) is 11.5. The fourth-order valence-electron chi connectivity index (χ4n) is 3.55. The summed E-state index contributed by atoms with van der Waals surface area (Å²) in [5.41, 5.74) is -1.31. The predicted molar refractivity (Wildman–Crippen MR) is 132 cm³/mol. The summed E-state index contributed by atoms with van der Waals surface area (Å²) in [5.74, 6) is -2.05. The second-order valence-electron chi connectivity index (χ2n) is 8.08. The Labute approximate surface area is 215 Å². The van der Waals surface area contributed by atoms with E-state index in [9.17, 15) is 31.9 Å². The number of carbonyl (C=O) groups excluding carboxylic acids is 2. The summed E-state index contributed by atoms with van der Waals surface area (Å²) in [7, 11) is 1.40. The summed E-state index contributed by atoms with van der Waals surface area (Å²) >= 11 is 0. The Morgan fingerprint density at radius 3 is 2.50 bits per heavy atom. The zero-order valence-corrected chi connectivity index (χ0v) is 20.5. The zero-order chi connectivity index (χ0) is 27.9. The van der Waals surface area contributed by atoms with Gasteiger partial charge in [-0.25, -0.2) is 4.39 Å². The molecule has 0 spiro atoms. The van der Waals surface area contributed by atoms with Gasteiger partial charge in [-0.15, -0.1) is 0 Å². The molecule has 0 fully saturated rings. The van der Waals surface area contributed by atoms with Crippen LogP contribution in [0.2, 0.25) is 0 Å². The minimum atomic E-state index is -4.77. The number of methoxy groups -OCH3 is 1. The number of hydrogen-bond donors (Lipinski definition) is 3. The van der Waals surface area contributed by atoms with Crippen molar-refractivity contribution < 1.29 is 36.6 Å². The van der Waals surface area contributed by atoms with Gasteiger partial charge in [0, 0.05) is 42.7 Å². The van der Waals surface area contributed by atoms with Crippen LogP contribution in [0.3, 0.4) is 0 Å². The summed E-state index contributed by atoms with van der Waals surface area (Å²) in [6.45, 7) is 2.25. The van der Waals surface area contributed by atoms with E-state index in [4.69, 9.17) is 9.47 Å². The van der Waals surface area contributed by atoms with E-state index < -0.39 is 41.4 Å². The maximum Gasteiger partial charge on any atom is 0.416 e. The normalized spacial score (nSPS) is 11.2. The quantitative estimate of drug-likeness (QED) is 0.267. The number of aromatic amines is 1. The first-order chi connectivity index (χ1) is 18.0. The number of pyridine rings is 1. The summed E-state index contributed by atoms with van der Waals surface area (Å²) in [6, 6.07) is 7.73. The van der Waals surface area contributed by atoms with Crippen molar-refractivity contribution in [2.75, 3.05) is 32.2 Å². The molecule has 0 radical (unpaired) electrons. The summed E-state index contributed by atoms with van der Waals surface area (Å²) < 4.78 is 65.3. The van der Waals surface area contributed by atoms with Crippen molar-refractivity contribution >= 4 is 17.5 Å². The molecular weight excluding hydrogens is 510 g/mol. The molecule has 3 N–H and O–H groups in total. The Bertz CT molecular complexity index is 1370. The molecule has 0 unspecified atom stereocenters. The fraction of sp³-hybridized carbons (Fsp3) is 0.269. The van der Waals surface area contributed by atoms with E-state index in [1.54, 1.807) is 6.92 Å². The molecule has 0 aliphatic rings. The molecule has 0 aliphatic carbocycles. The second-order valence-corrected chi connectivity index (χ2v) is 8.08. The molecule has 1 heterocycles. The zero-order valence-electron chi connectivity index (χ0n) is 20.5. The molecule has 0 atom stereocenters. The predicted octanol–water partition coefficient (Wildman–Crippen LogP) is 4.16. The Morgan fingerprint density at radius 1 is 1.08 bits per heavy atom. The maximum atomic E-state index is 14.9. The smallest absolute Gasteiger partial charge is 0.416 e. The number of hydrogen-bond acceptors (Lipinski definition) is 5. The lowest BCUT2D eigenvalue weighted by molar-refractivity contribution is -0.137. The van der Waals surface area contributed by atoms with Crippen LogP contribution in [0.5, 0.6) is 5.75 Å². The first kappa shape index (κ1) is 28.4. The molecule has 3 aromatic rings. The van der Waals surface area contributed by atoms with Gasteiger partial charge in [-0.3, -0.25) is 14.4 Å². The van der Waals surface area contributed by atoms with E-state index in [0.717, 1.165) is 12.1 Å². The number of anilines is 1. The molecular formula is C26H25F4N3O5. The van der Waals surface area contributed by atoms with Gasteiger partial charge in [-0.1, -0.05) is 12.1 Å². The molecule has 0 saturated heterocycles. The molecule has 0 aliphatic heterocycles. The van der Waals surface area contributed by atoms with Gasteiger partial charge >= 0.3 is 6.18 Å². The Hall–Kier alpha value is -4.19. The average Bonchev–Trinajstić information content (AvgIpc) is 2.85. The van der Waals surface area contributed by atoms with Gasteiger partial charge in [0.05, 0.1) is 25.2 Å². The largest absolute Gasteiger partial charge is 0.493 e. The summed E-state index contributed by atoms with van der Waals surface area (Å²) in [5, 5.41) is 4.72. The van der Waals surface area contributed by atoms with E-state index in [2.05, 4.69) is 15.6 Å². The Kier molecular flexibility index (Phi) is 9.24. The highest BCUT2D eigenvalue weighted by Gasteiger charge is 2.32. The van der Waals surface area contributed by atoms with Crippen LogP contribution in [-0.4, -0.2) is 43.7 Å². The number of alkyl halides is 3. The summed E-state index contributed by atoms with van der Waals surface area (Å²) in [4.78, 5) is 38.9. The molecule has 12 heteroatoms. The number of rotatable bonds is 10. The van der Waals surface area contributed by atoms with Crippen LogP contribution in [-0.2, 0) is 22.1 Å². The van der Waals surface area contributed by atoms with Crippen LogP contribution in [0.1, 0.15) is 28.4 Å². The molecule has 3 rings (SSSR count). The van der Waals surface area contributed by atoms with Crippen molar-refractivity contribution in [1.29, 1.82) is 0 Å². The highest BCUT2D eigenvalue weighted by atomic mass is 19.4. The SMILES string of the molecule is CCOc1cc(=O)[nH]cc1-c1ccc(CC(=O)Nc2cc(C(=O)NCCOC)cc(C(F)(F)F)c2)c(F)c1. The third-order valence-corrected chi connectivity index (χ3v) is 5.30. The summed E-state index contributed by atoms with van der Waals surface area (Å²) in [6.07, 6.45) is -3.88. The number of carbonyl (C=O) groups is 2. The van der Waals surface area contributed by atoms with Gasteiger partial charge in [-0.2, -0.15) is 13.2 Å². The number of halogens is 4. The molecule has 0 saturated carbocycles. The number of ether oxygens (including phenoxy) is 2. The lowest BCUT2D eigenvalue weighted by Gasteiger charge is -2.14. The van der Waals surface area contributed by atoms with Gasteiger partial charge in [0.15, 0.2) is 0 Å². The van der Waals surface area contributed by atoms with Crippen molar-refractivity contribution in [3.05, 3.63) is 81.5 Å². The number of amides is 2. The number of aromatic nitrogens is 1. The van der Waals surface area contributed by atoms with E-state index in [-0.39, 0.29) is 42.3 Å². The Balaban J connectivity index is 1.80.